The van der Waals surface area contributed by atoms with Crippen molar-refractivity contribution in [3.05, 3.63) is 66.2 Å². The Morgan fingerprint density at radius 2 is 1.67 bits per heavy atom. The van der Waals surface area contributed by atoms with Crippen molar-refractivity contribution in [2.45, 2.75) is 13.1 Å². The molecule has 0 aliphatic rings. The molecule has 1 aromatic carbocycles. The van der Waals surface area contributed by atoms with Gasteiger partial charge in [-0.2, -0.15) is 13.2 Å². The van der Waals surface area contributed by atoms with Crippen molar-refractivity contribution in [2.75, 3.05) is 5.32 Å². The number of nitrogens with zero attached hydrogens (tertiary/aromatic N) is 3. The number of anilines is 2. The van der Waals surface area contributed by atoms with E-state index in [4.69, 9.17) is 0 Å². The van der Waals surface area contributed by atoms with Crippen LogP contribution >= 0.6 is 0 Å². The van der Waals surface area contributed by atoms with Crippen LogP contribution in [-0.4, -0.2) is 15.0 Å². The van der Waals surface area contributed by atoms with Crippen molar-refractivity contribution in [3.8, 4) is 11.1 Å². The Labute approximate surface area is 136 Å². The lowest BCUT2D eigenvalue weighted by Gasteiger charge is -2.11. The second-order valence-electron chi connectivity index (χ2n) is 5.21. The van der Waals surface area contributed by atoms with Gasteiger partial charge in [0, 0.05) is 24.3 Å². The van der Waals surface area contributed by atoms with E-state index in [1.165, 1.54) is 0 Å². The number of hydrogen-bond acceptors (Lipinski definition) is 4. The smallest absolute Gasteiger partial charge is 0.324 e. The Morgan fingerprint density at radius 1 is 0.917 bits per heavy atom. The molecule has 2 heterocycles. The summed E-state index contributed by atoms with van der Waals surface area (Å²) in [5, 5.41) is 2.83. The van der Waals surface area contributed by atoms with Crippen molar-refractivity contribution >= 4 is 11.6 Å². The highest BCUT2D eigenvalue weighted by Crippen LogP contribution is 2.29. The van der Waals surface area contributed by atoms with E-state index in [-0.39, 0.29) is 5.95 Å². The van der Waals surface area contributed by atoms with Gasteiger partial charge in [-0.3, -0.25) is 4.98 Å². The highest BCUT2D eigenvalue weighted by Gasteiger charge is 2.32. The summed E-state index contributed by atoms with van der Waals surface area (Å²) in [6.07, 6.45) is -0.0622. The molecule has 0 aliphatic carbocycles. The number of benzene rings is 1. The third-order valence-corrected chi connectivity index (χ3v) is 3.29. The van der Waals surface area contributed by atoms with Gasteiger partial charge in [0.15, 0.2) is 0 Å². The van der Waals surface area contributed by atoms with Crippen LogP contribution in [0.15, 0.2) is 55.0 Å². The maximum atomic E-state index is 12.7. The van der Waals surface area contributed by atoms with E-state index in [0.29, 0.717) is 5.69 Å². The number of aryl methyl sites for hydroxylation is 1. The topological polar surface area (TPSA) is 50.7 Å². The highest BCUT2D eigenvalue weighted by atomic mass is 19.4. The Kier molecular flexibility index (Phi) is 4.16. The molecular weight excluding hydrogens is 317 g/mol. The van der Waals surface area contributed by atoms with E-state index in [0.717, 1.165) is 29.0 Å². The van der Waals surface area contributed by atoms with Crippen molar-refractivity contribution in [1.29, 1.82) is 0 Å². The van der Waals surface area contributed by atoms with Crippen LogP contribution in [0.25, 0.3) is 11.1 Å². The molecule has 0 radical (unpaired) electrons. The van der Waals surface area contributed by atoms with Crippen molar-refractivity contribution in [3.63, 3.8) is 0 Å². The predicted octanol–water partition coefficient (Wildman–Crippen LogP) is 4.61. The summed E-state index contributed by atoms with van der Waals surface area (Å²) < 4.78 is 38.2. The summed E-state index contributed by atoms with van der Waals surface area (Å²) in [5.74, 6) is -0.101. The fourth-order valence-corrected chi connectivity index (χ4v) is 2.27. The van der Waals surface area contributed by atoms with Crippen LogP contribution in [0.2, 0.25) is 0 Å². The number of hydrogen-bond donors (Lipinski definition) is 1. The second-order valence-corrected chi connectivity index (χ2v) is 5.21. The van der Waals surface area contributed by atoms with Crippen LogP contribution in [0.3, 0.4) is 0 Å². The SMILES string of the molecule is Cc1cc(Nc2nccc(C(F)(F)F)n2)cc(-c2ccncc2)c1. The summed E-state index contributed by atoms with van der Waals surface area (Å²) in [7, 11) is 0. The molecule has 0 unspecified atom stereocenters. The number of halogens is 3. The summed E-state index contributed by atoms with van der Waals surface area (Å²) in [6, 6.07) is 10.2. The van der Waals surface area contributed by atoms with Gasteiger partial charge in [-0.25, -0.2) is 9.97 Å². The van der Waals surface area contributed by atoms with Gasteiger partial charge in [0.1, 0.15) is 5.69 Å². The molecule has 122 valence electrons. The molecule has 0 bridgehead atoms. The van der Waals surface area contributed by atoms with Gasteiger partial charge in [-0.1, -0.05) is 6.07 Å². The summed E-state index contributed by atoms with van der Waals surface area (Å²) >= 11 is 0. The third kappa shape index (κ3) is 3.68. The van der Waals surface area contributed by atoms with Gasteiger partial charge < -0.3 is 5.32 Å². The second kappa shape index (κ2) is 6.27. The predicted molar refractivity (Wildman–Crippen MR) is 84.7 cm³/mol. The lowest BCUT2D eigenvalue weighted by Crippen LogP contribution is -2.10. The molecule has 0 aliphatic heterocycles. The van der Waals surface area contributed by atoms with E-state index < -0.39 is 11.9 Å². The zero-order valence-corrected chi connectivity index (χ0v) is 12.7. The number of alkyl halides is 3. The molecule has 0 amide bonds. The normalized spacial score (nSPS) is 11.3. The molecule has 0 saturated carbocycles. The van der Waals surface area contributed by atoms with Crippen LogP contribution in [-0.2, 0) is 6.18 Å². The van der Waals surface area contributed by atoms with Gasteiger partial charge in [-0.15, -0.1) is 0 Å². The monoisotopic (exact) mass is 330 g/mol. The number of nitrogens with one attached hydrogen (secondary N) is 1. The lowest BCUT2D eigenvalue weighted by atomic mass is 10.0. The minimum Gasteiger partial charge on any atom is -0.324 e. The zero-order chi connectivity index (χ0) is 17.2. The maximum absolute atomic E-state index is 12.7. The zero-order valence-electron chi connectivity index (χ0n) is 12.7. The quantitative estimate of drug-likeness (QED) is 0.762. The Balaban J connectivity index is 1.92. The molecule has 0 saturated heterocycles. The van der Waals surface area contributed by atoms with Gasteiger partial charge in [0.25, 0.3) is 0 Å². The van der Waals surface area contributed by atoms with Crippen LogP contribution in [0.1, 0.15) is 11.3 Å². The molecule has 4 nitrogen and oxygen atoms in total. The largest absolute Gasteiger partial charge is 0.433 e. The first-order valence-electron chi connectivity index (χ1n) is 7.11. The summed E-state index contributed by atoms with van der Waals surface area (Å²) in [4.78, 5) is 11.3. The summed E-state index contributed by atoms with van der Waals surface area (Å²) in [6.45, 7) is 1.91. The average Bonchev–Trinajstić information content (AvgIpc) is 2.54. The van der Waals surface area contributed by atoms with Gasteiger partial charge in [0.05, 0.1) is 0 Å². The van der Waals surface area contributed by atoms with Crippen molar-refractivity contribution in [2.24, 2.45) is 0 Å². The average molecular weight is 330 g/mol. The minimum absolute atomic E-state index is 0.101. The molecule has 0 spiro atoms. The van der Waals surface area contributed by atoms with Gasteiger partial charge in [-0.05, 0) is 53.9 Å². The van der Waals surface area contributed by atoms with Crippen molar-refractivity contribution < 1.29 is 13.2 Å². The van der Waals surface area contributed by atoms with E-state index in [1.807, 2.05) is 37.3 Å². The Morgan fingerprint density at radius 3 is 2.38 bits per heavy atom. The van der Waals surface area contributed by atoms with Gasteiger partial charge in [0.2, 0.25) is 5.95 Å². The molecule has 3 rings (SSSR count). The number of aromatic nitrogens is 3. The first kappa shape index (κ1) is 15.9. The van der Waals surface area contributed by atoms with E-state index >= 15 is 0 Å². The molecule has 1 N–H and O–H groups in total. The third-order valence-electron chi connectivity index (χ3n) is 3.29. The fraction of sp³-hybridized carbons (Fsp3) is 0.118. The number of pyridine rings is 1. The van der Waals surface area contributed by atoms with Crippen LogP contribution < -0.4 is 5.32 Å². The Hall–Kier alpha value is -2.96. The Bertz CT molecular complexity index is 848. The molecule has 0 atom stereocenters. The van der Waals surface area contributed by atoms with Crippen molar-refractivity contribution in [1.82, 2.24) is 15.0 Å². The number of rotatable bonds is 3. The fourth-order valence-electron chi connectivity index (χ4n) is 2.27. The first-order chi connectivity index (χ1) is 11.4. The van der Waals surface area contributed by atoms with E-state index in [9.17, 15) is 13.2 Å². The van der Waals surface area contributed by atoms with E-state index in [1.54, 1.807) is 12.4 Å². The maximum Gasteiger partial charge on any atom is 0.433 e. The lowest BCUT2D eigenvalue weighted by molar-refractivity contribution is -0.141. The standard InChI is InChI=1S/C17H13F3N4/c1-11-8-13(12-2-5-21-6-3-12)10-14(9-11)23-16-22-7-4-15(24-16)17(18,19)20/h2-10H,1H3,(H,22,23,24). The molecule has 7 heteroatoms. The van der Waals surface area contributed by atoms with Crippen LogP contribution in [0, 0.1) is 6.92 Å². The molecule has 3 aromatic rings. The van der Waals surface area contributed by atoms with Gasteiger partial charge >= 0.3 is 6.18 Å². The summed E-state index contributed by atoms with van der Waals surface area (Å²) in [5.41, 5.74) is 2.47. The molecule has 24 heavy (non-hydrogen) atoms. The molecule has 0 fully saturated rings. The highest BCUT2D eigenvalue weighted by molar-refractivity contribution is 5.70. The first-order valence-corrected chi connectivity index (χ1v) is 7.11. The molecular formula is C17H13F3N4. The molecule has 2 aromatic heterocycles. The van der Waals surface area contributed by atoms with Crippen LogP contribution in [0.5, 0.6) is 0 Å². The minimum atomic E-state index is -4.51. The van der Waals surface area contributed by atoms with E-state index in [2.05, 4.69) is 20.3 Å². The van der Waals surface area contributed by atoms with Crippen LogP contribution in [0.4, 0.5) is 24.8 Å².